The molecule has 2 rings (SSSR count). The Hall–Kier alpha value is -0.870. The zero-order chi connectivity index (χ0) is 13.0. The van der Waals surface area contributed by atoms with E-state index in [0.717, 1.165) is 12.8 Å². The molecule has 2 atom stereocenters. The van der Waals surface area contributed by atoms with Gasteiger partial charge in [-0.05, 0) is 32.7 Å². The maximum absolute atomic E-state index is 11.8. The molecule has 0 saturated carbocycles. The van der Waals surface area contributed by atoms with E-state index in [1.54, 1.807) is 6.08 Å². The minimum Gasteiger partial charge on any atom is -0.352 e. The highest BCUT2D eigenvalue weighted by Gasteiger charge is 2.36. The molecule has 2 saturated heterocycles. The highest BCUT2D eigenvalue weighted by atomic mass is 16.1. The molecule has 2 unspecified atom stereocenters. The van der Waals surface area contributed by atoms with Crippen LogP contribution in [0.15, 0.2) is 12.7 Å². The van der Waals surface area contributed by atoms with Crippen LogP contribution in [0.3, 0.4) is 0 Å². The van der Waals surface area contributed by atoms with Crippen molar-refractivity contribution in [2.45, 2.75) is 50.2 Å². The number of carbonyl (C=O) groups excluding carboxylic acids is 1. The fraction of sp³-hybridized carbons (Fsp3) is 0.786. The van der Waals surface area contributed by atoms with E-state index in [0.29, 0.717) is 31.2 Å². The molecule has 0 aromatic heterocycles. The van der Waals surface area contributed by atoms with E-state index in [2.05, 4.69) is 29.2 Å². The van der Waals surface area contributed by atoms with Crippen LogP contribution in [0, 0.1) is 0 Å². The largest absolute Gasteiger partial charge is 0.352 e. The smallest absolute Gasteiger partial charge is 0.234 e. The molecule has 0 aromatic carbocycles. The number of hydrogen-bond acceptors (Lipinski definition) is 3. The molecule has 2 heterocycles. The molecule has 2 bridgehead atoms. The molecule has 18 heavy (non-hydrogen) atoms. The fourth-order valence-corrected chi connectivity index (χ4v) is 3.30. The van der Waals surface area contributed by atoms with Crippen molar-refractivity contribution < 1.29 is 4.79 Å². The van der Waals surface area contributed by atoms with Crippen molar-refractivity contribution in [3.05, 3.63) is 12.7 Å². The summed E-state index contributed by atoms with van der Waals surface area (Å²) in [6.07, 6.45) is 7.91. The Labute approximate surface area is 110 Å². The van der Waals surface area contributed by atoms with Crippen LogP contribution in [0.5, 0.6) is 0 Å². The third kappa shape index (κ3) is 3.33. The van der Waals surface area contributed by atoms with Crippen molar-refractivity contribution in [1.29, 1.82) is 0 Å². The molecule has 4 heteroatoms. The first-order chi connectivity index (χ1) is 8.70. The summed E-state index contributed by atoms with van der Waals surface area (Å²) in [7, 11) is 2.23. The molecule has 0 aromatic rings. The SMILES string of the molecule is C=CCNCC(=O)NC1CC2CCCC(C1)N2C. The van der Waals surface area contributed by atoms with E-state index in [4.69, 9.17) is 0 Å². The van der Waals surface area contributed by atoms with E-state index in [-0.39, 0.29) is 5.91 Å². The number of carbonyl (C=O) groups is 1. The highest BCUT2D eigenvalue weighted by Crippen LogP contribution is 2.32. The van der Waals surface area contributed by atoms with Gasteiger partial charge in [0.05, 0.1) is 6.54 Å². The Morgan fingerprint density at radius 2 is 2.06 bits per heavy atom. The minimum atomic E-state index is 0.115. The Bertz CT molecular complexity index is 291. The molecule has 0 radical (unpaired) electrons. The highest BCUT2D eigenvalue weighted by molar-refractivity contribution is 5.78. The molecule has 0 spiro atoms. The summed E-state index contributed by atoms with van der Waals surface area (Å²) < 4.78 is 0. The van der Waals surface area contributed by atoms with E-state index in [9.17, 15) is 4.79 Å². The van der Waals surface area contributed by atoms with Crippen LogP contribution in [-0.2, 0) is 4.79 Å². The lowest BCUT2D eigenvalue weighted by Gasteiger charge is -2.47. The first-order valence-electron chi connectivity index (χ1n) is 7.03. The quantitative estimate of drug-likeness (QED) is 0.563. The summed E-state index contributed by atoms with van der Waals surface area (Å²) in [6.45, 7) is 4.70. The van der Waals surface area contributed by atoms with E-state index in [1.807, 2.05) is 0 Å². The summed E-state index contributed by atoms with van der Waals surface area (Å²) in [4.78, 5) is 14.3. The molecular weight excluding hydrogens is 226 g/mol. The van der Waals surface area contributed by atoms with Gasteiger partial charge in [-0.1, -0.05) is 12.5 Å². The van der Waals surface area contributed by atoms with Gasteiger partial charge in [0.2, 0.25) is 5.91 Å². The maximum Gasteiger partial charge on any atom is 0.234 e. The van der Waals surface area contributed by atoms with E-state index < -0.39 is 0 Å². The van der Waals surface area contributed by atoms with Crippen molar-refractivity contribution in [3.8, 4) is 0 Å². The lowest BCUT2D eigenvalue weighted by Crippen LogP contribution is -2.56. The number of rotatable bonds is 5. The van der Waals surface area contributed by atoms with Crippen molar-refractivity contribution >= 4 is 5.91 Å². The standard InChI is InChI=1S/C14H25N3O/c1-3-7-15-10-14(18)16-11-8-12-5-4-6-13(9-11)17(12)2/h3,11-13,15H,1,4-10H2,2H3,(H,16,18). The summed E-state index contributed by atoms with van der Waals surface area (Å²) in [5, 5.41) is 6.21. The lowest BCUT2D eigenvalue weighted by molar-refractivity contribution is -0.121. The van der Waals surface area contributed by atoms with Crippen LogP contribution >= 0.6 is 0 Å². The number of piperidine rings is 2. The van der Waals surface area contributed by atoms with E-state index >= 15 is 0 Å². The molecule has 2 fully saturated rings. The number of fused-ring (bicyclic) bond motifs is 2. The average Bonchev–Trinajstić information content (AvgIpc) is 2.31. The van der Waals surface area contributed by atoms with Crippen molar-refractivity contribution in [2.24, 2.45) is 0 Å². The topological polar surface area (TPSA) is 44.4 Å². The van der Waals surface area contributed by atoms with Crippen LogP contribution in [0.2, 0.25) is 0 Å². The van der Waals surface area contributed by atoms with Gasteiger partial charge in [-0.3, -0.25) is 4.79 Å². The van der Waals surface area contributed by atoms with Gasteiger partial charge in [0.15, 0.2) is 0 Å². The van der Waals surface area contributed by atoms with Gasteiger partial charge in [-0.25, -0.2) is 0 Å². The van der Waals surface area contributed by atoms with Crippen LogP contribution in [0.1, 0.15) is 32.1 Å². The summed E-state index contributed by atoms with van der Waals surface area (Å²) in [6, 6.07) is 1.71. The number of hydrogen-bond donors (Lipinski definition) is 2. The molecule has 102 valence electrons. The van der Waals surface area contributed by atoms with Crippen molar-refractivity contribution in [3.63, 3.8) is 0 Å². The summed E-state index contributed by atoms with van der Waals surface area (Å²) in [5.41, 5.74) is 0. The van der Waals surface area contributed by atoms with Gasteiger partial charge in [0.1, 0.15) is 0 Å². The fourth-order valence-electron chi connectivity index (χ4n) is 3.30. The zero-order valence-corrected chi connectivity index (χ0v) is 11.3. The average molecular weight is 251 g/mol. The second kappa shape index (κ2) is 6.34. The van der Waals surface area contributed by atoms with Gasteiger partial charge in [-0.2, -0.15) is 0 Å². The Kier molecular flexibility index (Phi) is 4.78. The predicted octanol–water partition coefficient (Wildman–Crippen LogP) is 0.894. The van der Waals surface area contributed by atoms with Gasteiger partial charge in [0.25, 0.3) is 0 Å². The molecule has 0 aliphatic carbocycles. The van der Waals surface area contributed by atoms with Gasteiger partial charge in [0, 0.05) is 24.7 Å². The second-order valence-electron chi connectivity index (χ2n) is 5.56. The predicted molar refractivity (Wildman–Crippen MR) is 73.4 cm³/mol. The molecule has 2 N–H and O–H groups in total. The first-order valence-corrected chi connectivity index (χ1v) is 7.03. The van der Waals surface area contributed by atoms with Gasteiger partial charge >= 0.3 is 0 Å². The summed E-state index contributed by atoms with van der Waals surface area (Å²) >= 11 is 0. The number of nitrogens with one attached hydrogen (secondary N) is 2. The Morgan fingerprint density at radius 3 is 2.67 bits per heavy atom. The second-order valence-corrected chi connectivity index (χ2v) is 5.56. The summed E-state index contributed by atoms with van der Waals surface area (Å²) in [5.74, 6) is 0.115. The first kappa shape index (κ1) is 13.6. The number of amides is 1. The lowest BCUT2D eigenvalue weighted by atomic mass is 9.82. The van der Waals surface area contributed by atoms with Gasteiger partial charge in [-0.15, -0.1) is 6.58 Å². The maximum atomic E-state index is 11.8. The molecule has 1 amide bonds. The van der Waals surface area contributed by atoms with Crippen molar-refractivity contribution in [2.75, 3.05) is 20.1 Å². The van der Waals surface area contributed by atoms with Crippen LogP contribution in [-0.4, -0.2) is 49.1 Å². The van der Waals surface area contributed by atoms with Crippen LogP contribution in [0.25, 0.3) is 0 Å². The number of nitrogens with zero attached hydrogens (tertiary/aromatic N) is 1. The third-order valence-electron chi connectivity index (χ3n) is 4.28. The van der Waals surface area contributed by atoms with Crippen LogP contribution < -0.4 is 10.6 Å². The molecule has 2 aliphatic heterocycles. The monoisotopic (exact) mass is 251 g/mol. The zero-order valence-electron chi connectivity index (χ0n) is 11.3. The van der Waals surface area contributed by atoms with Crippen LogP contribution in [0.4, 0.5) is 0 Å². The van der Waals surface area contributed by atoms with Gasteiger partial charge < -0.3 is 15.5 Å². The Morgan fingerprint density at radius 1 is 1.39 bits per heavy atom. The molecule has 4 nitrogen and oxygen atoms in total. The molecular formula is C14H25N3O. The third-order valence-corrected chi connectivity index (χ3v) is 4.28. The minimum absolute atomic E-state index is 0.115. The normalized spacial score (nSPS) is 31.9. The molecule has 2 aliphatic rings. The van der Waals surface area contributed by atoms with Crippen molar-refractivity contribution in [1.82, 2.24) is 15.5 Å². The Balaban J connectivity index is 1.77. The van der Waals surface area contributed by atoms with E-state index in [1.165, 1.54) is 19.3 Å².